The molecule has 0 saturated carbocycles. The second kappa shape index (κ2) is 5.85. The molecule has 21 heavy (non-hydrogen) atoms. The van der Waals surface area contributed by atoms with Crippen molar-refractivity contribution in [3.63, 3.8) is 0 Å². The Balaban J connectivity index is 1.66. The van der Waals surface area contributed by atoms with Crippen LogP contribution < -0.4 is 5.32 Å². The molecule has 0 spiro atoms. The van der Waals surface area contributed by atoms with Crippen molar-refractivity contribution in [3.8, 4) is 11.6 Å². The normalized spacial score (nSPS) is 10.5. The van der Waals surface area contributed by atoms with E-state index >= 15 is 0 Å². The van der Waals surface area contributed by atoms with Gasteiger partial charge >= 0.3 is 0 Å². The molecule has 5 nitrogen and oxygen atoms in total. The third kappa shape index (κ3) is 3.14. The van der Waals surface area contributed by atoms with Crippen LogP contribution in [0.25, 0.3) is 5.82 Å². The molecule has 2 aromatic heterocycles. The van der Waals surface area contributed by atoms with Crippen LogP contribution in [0.3, 0.4) is 0 Å². The summed E-state index contributed by atoms with van der Waals surface area (Å²) in [5.74, 6) is 0.851. The molecule has 0 fully saturated rings. The Morgan fingerprint density at radius 2 is 2.14 bits per heavy atom. The predicted molar refractivity (Wildman–Crippen MR) is 81.8 cm³/mol. The van der Waals surface area contributed by atoms with Gasteiger partial charge in [0.05, 0.1) is 16.9 Å². The Kier molecular flexibility index (Phi) is 3.75. The van der Waals surface area contributed by atoms with Gasteiger partial charge in [-0.05, 0) is 35.9 Å². The van der Waals surface area contributed by atoms with Crippen LogP contribution >= 0.6 is 11.6 Å². The Labute approximate surface area is 126 Å². The smallest absolute Gasteiger partial charge is 0.153 e. The van der Waals surface area contributed by atoms with E-state index in [2.05, 4.69) is 15.4 Å². The lowest BCUT2D eigenvalue weighted by atomic mass is 10.2. The predicted octanol–water partition coefficient (Wildman–Crippen LogP) is 3.24. The second-order valence-electron chi connectivity index (χ2n) is 4.50. The van der Waals surface area contributed by atoms with Crippen molar-refractivity contribution in [2.75, 3.05) is 5.32 Å². The lowest BCUT2D eigenvalue weighted by Crippen LogP contribution is -2.02. The lowest BCUT2D eigenvalue weighted by molar-refractivity contribution is 0.475. The minimum absolute atomic E-state index is 0.0886. The number of anilines is 1. The summed E-state index contributed by atoms with van der Waals surface area (Å²) in [4.78, 5) is 4.34. The number of rotatable bonds is 4. The quantitative estimate of drug-likeness (QED) is 0.776. The van der Waals surface area contributed by atoms with E-state index < -0.39 is 0 Å². The van der Waals surface area contributed by atoms with Crippen LogP contribution in [0.1, 0.15) is 5.56 Å². The summed E-state index contributed by atoms with van der Waals surface area (Å²) in [5.41, 5.74) is 1.88. The highest BCUT2D eigenvalue weighted by atomic mass is 35.5. The summed E-state index contributed by atoms with van der Waals surface area (Å²) in [6.45, 7) is 0.600. The number of nitrogens with one attached hydrogen (secondary N) is 1. The van der Waals surface area contributed by atoms with Crippen LogP contribution in [0.15, 0.2) is 55.0 Å². The van der Waals surface area contributed by atoms with Crippen molar-refractivity contribution in [1.82, 2.24) is 14.8 Å². The number of phenols is 1. The van der Waals surface area contributed by atoms with Crippen molar-refractivity contribution < 1.29 is 5.11 Å². The van der Waals surface area contributed by atoms with E-state index in [4.69, 9.17) is 11.6 Å². The van der Waals surface area contributed by atoms with Gasteiger partial charge in [-0.15, -0.1) is 0 Å². The van der Waals surface area contributed by atoms with Crippen molar-refractivity contribution in [1.29, 1.82) is 0 Å². The molecule has 0 amide bonds. The Morgan fingerprint density at radius 3 is 2.81 bits per heavy atom. The number of nitrogens with zero attached hydrogens (tertiary/aromatic N) is 3. The lowest BCUT2D eigenvalue weighted by Gasteiger charge is -2.08. The van der Waals surface area contributed by atoms with Gasteiger partial charge in [0, 0.05) is 18.9 Å². The van der Waals surface area contributed by atoms with Gasteiger partial charge in [-0.25, -0.2) is 9.67 Å². The van der Waals surface area contributed by atoms with Crippen LogP contribution in [0, 0.1) is 0 Å². The van der Waals surface area contributed by atoms with Gasteiger partial charge in [-0.2, -0.15) is 5.10 Å². The number of hydrogen-bond donors (Lipinski definition) is 2. The summed E-state index contributed by atoms with van der Waals surface area (Å²) < 4.78 is 1.70. The molecule has 0 bridgehead atoms. The zero-order chi connectivity index (χ0) is 14.7. The summed E-state index contributed by atoms with van der Waals surface area (Å²) in [5, 5.41) is 17.1. The van der Waals surface area contributed by atoms with Gasteiger partial charge in [0.2, 0.25) is 0 Å². The topological polar surface area (TPSA) is 63.0 Å². The van der Waals surface area contributed by atoms with Crippen LogP contribution in [0.4, 0.5) is 5.69 Å². The van der Waals surface area contributed by atoms with Crippen molar-refractivity contribution in [2.24, 2.45) is 0 Å². The highest BCUT2D eigenvalue weighted by Gasteiger charge is 2.01. The molecule has 0 saturated heterocycles. The number of aromatic hydroxyl groups is 1. The average molecular weight is 301 g/mol. The first-order chi connectivity index (χ1) is 10.2. The van der Waals surface area contributed by atoms with Crippen LogP contribution in [0.5, 0.6) is 5.75 Å². The van der Waals surface area contributed by atoms with Gasteiger partial charge in [0.1, 0.15) is 5.75 Å². The van der Waals surface area contributed by atoms with E-state index in [1.54, 1.807) is 29.2 Å². The molecule has 3 aromatic rings. The summed E-state index contributed by atoms with van der Waals surface area (Å²) >= 11 is 5.87. The van der Waals surface area contributed by atoms with Gasteiger partial charge in [-0.3, -0.25) is 0 Å². The van der Waals surface area contributed by atoms with E-state index in [1.165, 1.54) is 0 Å². The van der Waals surface area contributed by atoms with E-state index in [9.17, 15) is 5.11 Å². The molecule has 0 aliphatic carbocycles. The van der Waals surface area contributed by atoms with Gasteiger partial charge in [0.15, 0.2) is 5.82 Å². The largest absolute Gasteiger partial charge is 0.506 e. The molecular weight excluding hydrogens is 288 g/mol. The Hall–Kier alpha value is -2.53. The summed E-state index contributed by atoms with van der Waals surface area (Å²) in [7, 11) is 0. The SMILES string of the molecule is Oc1ccc(CNc2ccc(-n3cccn3)nc2)cc1Cl. The maximum Gasteiger partial charge on any atom is 0.153 e. The number of benzene rings is 1. The van der Waals surface area contributed by atoms with E-state index in [0.717, 1.165) is 17.1 Å². The molecule has 1 aromatic carbocycles. The molecular formula is C15H13ClN4O. The maximum absolute atomic E-state index is 9.38. The van der Waals surface area contributed by atoms with E-state index in [1.807, 2.05) is 30.5 Å². The van der Waals surface area contributed by atoms with Crippen molar-refractivity contribution >= 4 is 17.3 Å². The zero-order valence-electron chi connectivity index (χ0n) is 11.1. The standard InChI is InChI=1S/C15H13ClN4O/c16-13-8-11(2-4-14(13)21)9-17-12-3-5-15(18-10-12)20-7-1-6-19-20/h1-8,10,17,21H,9H2. The zero-order valence-corrected chi connectivity index (χ0v) is 11.8. The number of pyridine rings is 1. The van der Waals surface area contributed by atoms with Crippen molar-refractivity contribution in [2.45, 2.75) is 6.54 Å². The number of aromatic nitrogens is 3. The van der Waals surface area contributed by atoms with Gasteiger partial charge in [0.25, 0.3) is 0 Å². The first-order valence-corrected chi connectivity index (χ1v) is 6.77. The Bertz CT molecular complexity index is 726. The van der Waals surface area contributed by atoms with E-state index in [0.29, 0.717) is 11.6 Å². The molecule has 2 N–H and O–H groups in total. The molecule has 6 heteroatoms. The van der Waals surface area contributed by atoms with Crippen LogP contribution in [-0.2, 0) is 6.54 Å². The minimum Gasteiger partial charge on any atom is -0.506 e. The molecule has 2 heterocycles. The molecule has 0 unspecified atom stereocenters. The van der Waals surface area contributed by atoms with Gasteiger partial charge < -0.3 is 10.4 Å². The number of phenolic OH excluding ortho intramolecular Hbond substituents is 1. The van der Waals surface area contributed by atoms with Crippen molar-refractivity contribution in [3.05, 3.63) is 65.6 Å². The summed E-state index contributed by atoms with van der Waals surface area (Å²) in [6.07, 6.45) is 5.30. The molecule has 0 aliphatic rings. The fourth-order valence-corrected chi connectivity index (χ4v) is 2.10. The second-order valence-corrected chi connectivity index (χ2v) is 4.90. The summed E-state index contributed by atoms with van der Waals surface area (Å²) in [6, 6.07) is 10.8. The van der Waals surface area contributed by atoms with Crippen LogP contribution in [0.2, 0.25) is 5.02 Å². The number of hydrogen-bond acceptors (Lipinski definition) is 4. The number of halogens is 1. The Morgan fingerprint density at radius 1 is 1.24 bits per heavy atom. The maximum atomic E-state index is 9.38. The van der Waals surface area contributed by atoms with Gasteiger partial charge in [-0.1, -0.05) is 17.7 Å². The highest BCUT2D eigenvalue weighted by molar-refractivity contribution is 6.32. The molecule has 0 atom stereocenters. The monoisotopic (exact) mass is 300 g/mol. The minimum atomic E-state index is 0.0886. The molecule has 0 radical (unpaired) electrons. The molecule has 3 rings (SSSR count). The van der Waals surface area contributed by atoms with E-state index in [-0.39, 0.29) is 5.75 Å². The fraction of sp³-hybridized carbons (Fsp3) is 0.0667. The fourth-order valence-electron chi connectivity index (χ4n) is 1.89. The molecule has 0 aliphatic heterocycles. The highest BCUT2D eigenvalue weighted by Crippen LogP contribution is 2.24. The van der Waals surface area contributed by atoms with Crippen LogP contribution in [-0.4, -0.2) is 19.9 Å². The average Bonchev–Trinajstić information content (AvgIpc) is 3.03. The molecule has 106 valence electrons. The third-order valence-electron chi connectivity index (χ3n) is 3.00. The third-order valence-corrected chi connectivity index (χ3v) is 3.30. The first-order valence-electron chi connectivity index (χ1n) is 6.40. The first kappa shape index (κ1) is 13.5.